The van der Waals surface area contributed by atoms with Gasteiger partial charge in [0.1, 0.15) is 18.5 Å². The van der Waals surface area contributed by atoms with Gasteiger partial charge in [-0.2, -0.15) is 0 Å². The van der Waals surface area contributed by atoms with Gasteiger partial charge in [-0.15, -0.1) is 0 Å². The van der Waals surface area contributed by atoms with Gasteiger partial charge in [-0.05, 0) is 57.9 Å². The summed E-state index contributed by atoms with van der Waals surface area (Å²) in [6.07, 6.45) is 3.43. The van der Waals surface area contributed by atoms with E-state index in [0.29, 0.717) is 23.0 Å². The van der Waals surface area contributed by atoms with Crippen molar-refractivity contribution in [3.05, 3.63) is 47.1 Å². The fraction of sp³-hybridized carbons (Fsp3) is 0.400. The van der Waals surface area contributed by atoms with Gasteiger partial charge in [0, 0.05) is 11.1 Å². The van der Waals surface area contributed by atoms with Crippen LogP contribution in [0.15, 0.2) is 47.1 Å². The van der Waals surface area contributed by atoms with Crippen molar-refractivity contribution in [1.29, 1.82) is 0 Å². The SMILES string of the molecule is C=C1C(=O)O[C@@H](/C=C(\C)C=O)[C@@H]1[C@H](/C=C(/C)C(C)=O)OC(=O)/C(C)=C\C. The van der Waals surface area contributed by atoms with Gasteiger partial charge in [0.2, 0.25) is 0 Å². The Labute approximate surface area is 153 Å². The van der Waals surface area contributed by atoms with Crippen LogP contribution in [0.3, 0.4) is 0 Å². The summed E-state index contributed by atoms with van der Waals surface area (Å²) < 4.78 is 10.8. The molecule has 1 aliphatic heterocycles. The lowest BCUT2D eigenvalue weighted by atomic mass is 9.88. The molecule has 0 aromatic heterocycles. The number of esters is 2. The molecule has 0 amide bonds. The molecule has 0 N–H and O–H groups in total. The number of ether oxygens (including phenoxy) is 2. The van der Waals surface area contributed by atoms with Gasteiger partial charge in [0.25, 0.3) is 0 Å². The van der Waals surface area contributed by atoms with E-state index in [1.165, 1.54) is 19.1 Å². The zero-order valence-corrected chi connectivity index (χ0v) is 15.7. The fourth-order valence-corrected chi connectivity index (χ4v) is 2.34. The third-order valence-corrected chi connectivity index (χ3v) is 4.20. The molecule has 0 radical (unpaired) electrons. The standard InChI is InChI=1S/C20H24O6/c1-7-12(3)19(23)25-17(9-13(4)15(6)22)18-14(5)20(24)26-16(18)8-11(2)10-21/h7-10,16-18H,5H2,1-4,6H3/b11-8+,12-7-,13-9-/t16-,17-,18+/m0/s1. The number of rotatable bonds is 7. The first-order valence-corrected chi connectivity index (χ1v) is 8.19. The lowest BCUT2D eigenvalue weighted by Gasteiger charge is -2.24. The molecular weight excluding hydrogens is 336 g/mol. The molecule has 0 aromatic carbocycles. The van der Waals surface area contributed by atoms with Gasteiger partial charge in [0.05, 0.1) is 5.92 Å². The number of allylic oxidation sites excluding steroid dienone is 3. The molecule has 1 aliphatic rings. The molecule has 0 aliphatic carbocycles. The van der Waals surface area contributed by atoms with Crippen molar-refractivity contribution < 1.29 is 28.7 Å². The summed E-state index contributed by atoms with van der Waals surface area (Å²) in [6, 6.07) is 0. The average Bonchev–Trinajstić information content (AvgIpc) is 2.86. The molecule has 0 spiro atoms. The molecule has 0 aromatic rings. The molecule has 1 heterocycles. The Hall–Kier alpha value is -2.76. The van der Waals surface area contributed by atoms with Crippen LogP contribution in [0.4, 0.5) is 0 Å². The Kier molecular flexibility index (Phi) is 7.43. The van der Waals surface area contributed by atoms with E-state index in [4.69, 9.17) is 9.47 Å². The molecule has 1 fully saturated rings. The van der Waals surface area contributed by atoms with Gasteiger partial charge in [-0.3, -0.25) is 9.59 Å². The number of aldehydes is 1. The minimum absolute atomic E-state index is 0.119. The van der Waals surface area contributed by atoms with Gasteiger partial charge < -0.3 is 9.47 Å². The number of hydrogen-bond donors (Lipinski definition) is 0. The first-order chi connectivity index (χ1) is 12.1. The second-order valence-corrected chi connectivity index (χ2v) is 6.20. The van der Waals surface area contributed by atoms with Gasteiger partial charge in [-0.1, -0.05) is 12.7 Å². The van der Waals surface area contributed by atoms with Crippen LogP contribution in [-0.2, 0) is 28.7 Å². The Morgan fingerprint density at radius 3 is 2.31 bits per heavy atom. The van der Waals surface area contributed by atoms with Crippen LogP contribution < -0.4 is 0 Å². The highest BCUT2D eigenvalue weighted by Crippen LogP contribution is 2.34. The largest absolute Gasteiger partial charge is 0.454 e. The van der Waals surface area contributed by atoms with E-state index in [1.54, 1.807) is 33.8 Å². The number of carbonyl (C=O) groups excluding carboxylic acids is 4. The lowest BCUT2D eigenvalue weighted by Crippen LogP contribution is -2.32. The van der Waals surface area contributed by atoms with E-state index in [2.05, 4.69) is 6.58 Å². The predicted octanol–water partition coefficient (Wildman–Crippen LogP) is 2.64. The fourth-order valence-electron chi connectivity index (χ4n) is 2.34. The maximum Gasteiger partial charge on any atom is 0.334 e. The van der Waals surface area contributed by atoms with Gasteiger partial charge >= 0.3 is 11.9 Å². The normalized spacial score (nSPS) is 22.7. The highest BCUT2D eigenvalue weighted by atomic mass is 16.6. The molecule has 6 heteroatoms. The average molecular weight is 360 g/mol. The summed E-state index contributed by atoms with van der Waals surface area (Å²) in [5.41, 5.74) is 1.25. The van der Waals surface area contributed by atoms with Crippen LogP contribution >= 0.6 is 0 Å². The Morgan fingerprint density at radius 1 is 1.19 bits per heavy atom. The monoisotopic (exact) mass is 360 g/mol. The quantitative estimate of drug-likeness (QED) is 0.394. The third kappa shape index (κ3) is 5.12. The van der Waals surface area contributed by atoms with Crippen molar-refractivity contribution in [1.82, 2.24) is 0 Å². The zero-order chi connectivity index (χ0) is 20.0. The smallest absolute Gasteiger partial charge is 0.334 e. The van der Waals surface area contributed by atoms with Gasteiger partial charge in [-0.25, -0.2) is 9.59 Å². The zero-order valence-electron chi connectivity index (χ0n) is 15.7. The van der Waals surface area contributed by atoms with Crippen LogP contribution in [0, 0.1) is 5.92 Å². The first-order valence-electron chi connectivity index (χ1n) is 8.19. The summed E-state index contributed by atoms with van der Waals surface area (Å²) in [5, 5.41) is 0. The maximum absolute atomic E-state index is 12.2. The predicted molar refractivity (Wildman–Crippen MR) is 96.1 cm³/mol. The molecule has 26 heavy (non-hydrogen) atoms. The second-order valence-electron chi connectivity index (χ2n) is 6.20. The van der Waals surface area contributed by atoms with E-state index < -0.39 is 30.1 Å². The van der Waals surface area contributed by atoms with Gasteiger partial charge in [0.15, 0.2) is 5.78 Å². The number of carbonyl (C=O) groups is 4. The van der Waals surface area contributed by atoms with E-state index in [9.17, 15) is 19.2 Å². The number of cyclic esters (lactones) is 1. The molecule has 0 saturated carbocycles. The molecule has 1 saturated heterocycles. The molecule has 0 unspecified atom stereocenters. The topological polar surface area (TPSA) is 86.7 Å². The van der Waals surface area contributed by atoms with Crippen LogP contribution in [0.25, 0.3) is 0 Å². The van der Waals surface area contributed by atoms with Crippen molar-refractivity contribution >= 4 is 24.0 Å². The Bertz CT molecular complexity index is 723. The Morgan fingerprint density at radius 2 is 1.81 bits per heavy atom. The Balaban J connectivity index is 3.36. The summed E-state index contributed by atoms with van der Waals surface area (Å²) in [7, 11) is 0. The first kappa shape index (κ1) is 21.3. The summed E-state index contributed by atoms with van der Waals surface area (Å²) >= 11 is 0. The van der Waals surface area contributed by atoms with Crippen molar-refractivity contribution in [2.24, 2.45) is 5.92 Å². The molecule has 6 nitrogen and oxygen atoms in total. The molecule has 0 bridgehead atoms. The summed E-state index contributed by atoms with van der Waals surface area (Å²) in [5.74, 6) is -2.14. The van der Waals surface area contributed by atoms with Crippen LogP contribution in [0.1, 0.15) is 34.6 Å². The van der Waals surface area contributed by atoms with E-state index in [1.807, 2.05) is 0 Å². The second kappa shape index (κ2) is 9.08. The summed E-state index contributed by atoms with van der Waals surface area (Å²) in [6.45, 7) is 11.6. The minimum atomic E-state index is -0.944. The lowest BCUT2D eigenvalue weighted by molar-refractivity contribution is -0.144. The number of hydrogen-bond acceptors (Lipinski definition) is 6. The van der Waals surface area contributed by atoms with Crippen molar-refractivity contribution in [2.75, 3.05) is 0 Å². The maximum atomic E-state index is 12.2. The van der Waals surface area contributed by atoms with Crippen LogP contribution in [-0.4, -0.2) is 36.2 Å². The summed E-state index contributed by atoms with van der Waals surface area (Å²) in [4.78, 5) is 46.8. The highest BCUT2D eigenvalue weighted by Gasteiger charge is 2.43. The molecule has 140 valence electrons. The number of ketones is 1. The number of Topliss-reactive ketones (excluding diaryl/α,β-unsaturated/α-hetero) is 1. The van der Waals surface area contributed by atoms with E-state index >= 15 is 0 Å². The van der Waals surface area contributed by atoms with E-state index in [0.717, 1.165) is 0 Å². The molecule has 1 rings (SSSR count). The van der Waals surface area contributed by atoms with Crippen LogP contribution in [0.2, 0.25) is 0 Å². The van der Waals surface area contributed by atoms with Crippen molar-refractivity contribution in [2.45, 2.75) is 46.8 Å². The third-order valence-electron chi connectivity index (χ3n) is 4.20. The van der Waals surface area contributed by atoms with Crippen LogP contribution in [0.5, 0.6) is 0 Å². The highest BCUT2D eigenvalue weighted by molar-refractivity contribution is 5.94. The van der Waals surface area contributed by atoms with E-state index in [-0.39, 0.29) is 11.4 Å². The van der Waals surface area contributed by atoms with Crippen molar-refractivity contribution in [3.63, 3.8) is 0 Å². The van der Waals surface area contributed by atoms with Crippen molar-refractivity contribution in [3.8, 4) is 0 Å². The minimum Gasteiger partial charge on any atom is -0.454 e. The molecule has 3 atom stereocenters. The molecular formula is C20H24O6.